The topological polar surface area (TPSA) is 48.1 Å². The van der Waals surface area contributed by atoms with Crippen LogP contribution in [0.1, 0.15) is 15.4 Å². The molecule has 0 amide bonds. The monoisotopic (exact) mass is 232 g/mol. The van der Waals surface area contributed by atoms with Gasteiger partial charge >= 0.3 is 0 Å². The molecule has 0 bridgehead atoms. The van der Waals surface area contributed by atoms with E-state index >= 15 is 0 Å². The number of benzene rings is 1. The summed E-state index contributed by atoms with van der Waals surface area (Å²) in [4.78, 5) is 5.89. The summed E-state index contributed by atoms with van der Waals surface area (Å²) in [6.07, 6.45) is 0.978. The van der Waals surface area contributed by atoms with Crippen LogP contribution in [0.4, 0.5) is 0 Å². The zero-order valence-corrected chi connectivity index (χ0v) is 9.80. The molecule has 82 valence electrons. The van der Waals surface area contributed by atoms with Gasteiger partial charge in [0, 0.05) is 23.4 Å². The second-order valence-corrected chi connectivity index (χ2v) is 4.95. The average Bonchev–Trinajstić information content (AvgIpc) is 2.85. The van der Waals surface area contributed by atoms with Crippen LogP contribution in [0.25, 0.3) is 11.3 Å². The number of hydrogen-bond donors (Lipinski definition) is 1. The first-order valence-electron chi connectivity index (χ1n) is 5.17. The van der Waals surface area contributed by atoms with Crippen LogP contribution in [-0.2, 0) is 13.0 Å². The van der Waals surface area contributed by atoms with Crippen LogP contribution in [0.3, 0.4) is 0 Å². The van der Waals surface area contributed by atoms with Crippen molar-refractivity contribution in [3.8, 4) is 17.0 Å². The van der Waals surface area contributed by atoms with E-state index in [0.29, 0.717) is 6.54 Å². The highest BCUT2D eigenvalue weighted by molar-refractivity contribution is 7.12. The fraction of sp³-hybridized carbons (Fsp3) is 0.250. The number of rotatable bonds is 2. The fourth-order valence-electron chi connectivity index (χ4n) is 2.05. The predicted molar refractivity (Wildman–Crippen MR) is 64.8 cm³/mol. The predicted octanol–water partition coefficient (Wildman–Crippen LogP) is 2.18. The highest BCUT2D eigenvalue weighted by Crippen LogP contribution is 2.40. The van der Waals surface area contributed by atoms with E-state index in [1.807, 2.05) is 6.07 Å². The van der Waals surface area contributed by atoms with E-state index < -0.39 is 0 Å². The van der Waals surface area contributed by atoms with Gasteiger partial charge in [0.1, 0.15) is 10.8 Å². The molecule has 0 aliphatic heterocycles. The van der Waals surface area contributed by atoms with Gasteiger partial charge in [0.25, 0.3) is 0 Å². The minimum absolute atomic E-state index is 0.525. The summed E-state index contributed by atoms with van der Waals surface area (Å²) in [6.45, 7) is 0.525. The van der Waals surface area contributed by atoms with Crippen LogP contribution in [0.2, 0.25) is 0 Å². The molecule has 0 radical (unpaired) electrons. The lowest BCUT2D eigenvalue weighted by molar-refractivity contribution is 0.415. The number of ether oxygens (including phenoxy) is 1. The number of methoxy groups -OCH3 is 1. The number of nitrogens with two attached hydrogens (primary N) is 1. The van der Waals surface area contributed by atoms with Gasteiger partial charge in [0.05, 0.1) is 12.8 Å². The lowest BCUT2D eigenvalue weighted by Gasteiger charge is -2.03. The molecule has 3 rings (SSSR count). The van der Waals surface area contributed by atoms with Gasteiger partial charge < -0.3 is 10.5 Å². The Bertz CT molecular complexity index is 548. The van der Waals surface area contributed by atoms with Gasteiger partial charge in [-0.25, -0.2) is 4.98 Å². The lowest BCUT2D eigenvalue weighted by Crippen LogP contribution is -1.95. The molecule has 4 heteroatoms. The fourth-order valence-corrected chi connectivity index (χ4v) is 3.03. The van der Waals surface area contributed by atoms with Crippen molar-refractivity contribution in [2.45, 2.75) is 13.0 Å². The van der Waals surface area contributed by atoms with E-state index in [9.17, 15) is 0 Å². The van der Waals surface area contributed by atoms with Gasteiger partial charge in [0.2, 0.25) is 0 Å². The molecule has 1 aromatic carbocycles. The van der Waals surface area contributed by atoms with Crippen LogP contribution < -0.4 is 10.5 Å². The number of thiazole rings is 1. The summed E-state index contributed by atoms with van der Waals surface area (Å²) in [6, 6.07) is 6.17. The van der Waals surface area contributed by atoms with Crippen molar-refractivity contribution in [1.82, 2.24) is 4.98 Å². The number of hydrogen-bond acceptors (Lipinski definition) is 4. The maximum Gasteiger partial charge on any atom is 0.119 e. The molecule has 0 saturated carbocycles. The molecule has 1 aliphatic rings. The van der Waals surface area contributed by atoms with Crippen LogP contribution in [-0.4, -0.2) is 12.1 Å². The molecule has 1 aliphatic carbocycles. The summed E-state index contributed by atoms with van der Waals surface area (Å²) < 4.78 is 5.24. The first-order chi connectivity index (χ1) is 7.81. The van der Waals surface area contributed by atoms with Crippen LogP contribution in [0.5, 0.6) is 5.75 Å². The van der Waals surface area contributed by atoms with E-state index in [4.69, 9.17) is 10.5 Å². The third-order valence-corrected chi connectivity index (χ3v) is 3.92. The Morgan fingerprint density at radius 1 is 1.50 bits per heavy atom. The van der Waals surface area contributed by atoms with Gasteiger partial charge in [-0.05, 0) is 17.7 Å². The standard InChI is InChI=1S/C12H12N2OS/c1-15-8-3-2-7-4-10-12(9(7)5-8)14-11(6-13)16-10/h2-3,5H,4,6,13H2,1H3. The Kier molecular flexibility index (Phi) is 2.19. The van der Waals surface area contributed by atoms with E-state index in [-0.39, 0.29) is 0 Å². The molecular formula is C12H12N2OS. The minimum atomic E-state index is 0.525. The zero-order valence-electron chi connectivity index (χ0n) is 8.99. The van der Waals surface area contributed by atoms with Gasteiger partial charge in [-0.1, -0.05) is 6.07 Å². The molecule has 16 heavy (non-hydrogen) atoms. The third-order valence-electron chi connectivity index (χ3n) is 2.84. The Labute approximate surface area is 97.9 Å². The zero-order chi connectivity index (χ0) is 11.1. The molecule has 1 heterocycles. The van der Waals surface area contributed by atoms with Gasteiger partial charge in [-0.15, -0.1) is 11.3 Å². The molecule has 1 aromatic heterocycles. The highest BCUT2D eigenvalue weighted by Gasteiger charge is 2.23. The molecule has 0 unspecified atom stereocenters. The van der Waals surface area contributed by atoms with Crippen molar-refractivity contribution < 1.29 is 4.74 Å². The molecule has 2 N–H and O–H groups in total. The average molecular weight is 232 g/mol. The second kappa shape index (κ2) is 3.57. The second-order valence-electron chi connectivity index (χ2n) is 3.78. The van der Waals surface area contributed by atoms with Crippen molar-refractivity contribution in [1.29, 1.82) is 0 Å². The maximum absolute atomic E-state index is 5.61. The lowest BCUT2D eigenvalue weighted by atomic mass is 10.1. The smallest absolute Gasteiger partial charge is 0.119 e. The Balaban J connectivity index is 2.14. The molecule has 2 aromatic rings. The van der Waals surface area contributed by atoms with Crippen LogP contribution in [0, 0.1) is 0 Å². The summed E-state index contributed by atoms with van der Waals surface area (Å²) in [5.74, 6) is 0.883. The molecule has 0 saturated heterocycles. The number of aromatic nitrogens is 1. The first kappa shape index (κ1) is 9.81. The summed E-state index contributed by atoms with van der Waals surface area (Å²) in [5.41, 5.74) is 9.24. The third kappa shape index (κ3) is 1.34. The highest BCUT2D eigenvalue weighted by atomic mass is 32.1. The number of fused-ring (bicyclic) bond motifs is 3. The van der Waals surface area contributed by atoms with Gasteiger partial charge in [-0.3, -0.25) is 0 Å². The Morgan fingerprint density at radius 2 is 2.38 bits per heavy atom. The molecule has 3 nitrogen and oxygen atoms in total. The Hall–Kier alpha value is -1.39. The van der Waals surface area contributed by atoms with Crippen molar-refractivity contribution >= 4 is 11.3 Å². The van der Waals surface area contributed by atoms with E-state index in [2.05, 4.69) is 17.1 Å². The molecule has 0 spiro atoms. The van der Waals surface area contributed by atoms with Crippen molar-refractivity contribution in [2.75, 3.05) is 7.11 Å². The van der Waals surface area contributed by atoms with E-state index in [1.54, 1.807) is 18.4 Å². The van der Waals surface area contributed by atoms with Gasteiger partial charge in [0.15, 0.2) is 0 Å². The molecule has 0 atom stereocenters. The van der Waals surface area contributed by atoms with Crippen molar-refractivity contribution in [3.63, 3.8) is 0 Å². The van der Waals surface area contributed by atoms with Gasteiger partial charge in [-0.2, -0.15) is 0 Å². The van der Waals surface area contributed by atoms with E-state index in [1.165, 1.54) is 16.0 Å². The Morgan fingerprint density at radius 3 is 3.12 bits per heavy atom. The SMILES string of the molecule is COc1ccc2c(c1)-c1nc(CN)sc1C2. The summed E-state index contributed by atoms with van der Waals surface area (Å²) >= 11 is 1.72. The first-order valence-corrected chi connectivity index (χ1v) is 5.99. The molecule has 0 fully saturated rings. The molecular weight excluding hydrogens is 220 g/mol. The van der Waals surface area contributed by atoms with Crippen molar-refractivity contribution in [3.05, 3.63) is 33.6 Å². The largest absolute Gasteiger partial charge is 0.497 e. The summed E-state index contributed by atoms with van der Waals surface area (Å²) in [7, 11) is 1.68. The normalized spacial score (nSPS) is 12.4. The van der Waals surface area contributed by atoms with Crippen molar-refractivity contribution in [2.24, 2.45) is 5.73 Å². The minimum Gasteiger partial charge on any atom is -0.497 e. The van der Waals surface area contributed by atoms with E-state index in [0.717, 1.165) is 22.9 Å². The number of nitrogens with zero attached hydrogens (tertiary/aromatic N) is 1. The maximum atomic E-state index is 5.61. The quantitative estimate of drug-likeness (QED) is 0.736. The van der Waals surface area contributed by atoms with Crippen LogP contribution in [0.15, 0.2) is 18.2 Å². The van der Waals surface area contributed by atoms with Crippen LogP contribution >= 0.6 is 11.3 Å². The summed E-state index contributed by atoms with van der Waals surface area (Å²) in [5, 5.41) is 1.01.